The summed E-state index contributed by atoms with van der Waals surface area (Å²) in [6.07, 6.45) is 3.32. The number of benzene rings is 2. The molecule has 0 fully saturated rings. The van der Waals surface area contributed by atoms with Gasteiger partial charge in [0.15, 0.2) is 0 Å². The molecule has 1 N–H and O–H groups in total. The van der Waals surface area contributed by atoms with Gasteiger partial charge in [-0.2, -0.15) is 5.10 Å². The van der Waals surface area contributed by atoms with Gasteiger partial charge in [0, 0.05) is 6.20 Å². The van der Waals surface area contributed by atoms with Gasteiger partial charge in [-0.1, -0.05) is 29.8 Å². The number of nitrogens with zero attached hydrogens (tertiary/aromatic N) is 2. The highest BCUT2D eigenvalue weighted by molar-refractivity contribution is 7.91. The summed E-state index contributed by atoms with van der Waals surface area (Å²) in [5, 5.41) is 6.77. The van der Waals surface area contributed by atoms with Crippen molar-refractivity contribution in [3.8, 4) is 17.1 Å². The molecule has 0 radical (unpaired) electrons. The van der Waals surface area contributed by atoms with E-state index in [2.05, 4.69) is 15.2 Å². The maximum absolute atomic E-state index is 12.7. The summed E-state index contributed by atoms with van der Waals surface area (Å²) in [4.78, 5) is 4.89. The lowest BCUT2D eigenvalue weighted by atomic mass is 10.2. The molecule has 0 saturated heterocycles. The molecule has 0 saturated carbocycles. The zero-order chi connectivity index (χ0) is 20.3. The third-order valence-corrected chi connectivity index (χ3v) is 6.27. The zero-order valence-corrected chi connectivity index (χ0v) is 16.6. The average Bonchev–Trinajstić information content (AvgIpc) is 3.28. The zero-order valence-electron chi connectivity index (χ0n) is 15.7. The van der Waals surface area contributed by atoms with Crippen LogP contribution in [0.5, 0.6) is 5.75 Å². The first-order valence-corrected chi connectivity index (χ1v) is 10.5. The summed E-state index contributed by atoms with van der Waals surface area (Å²) < 4.78 is 31.2. The Morgan fingerprint density at radius 2 is 1.59 bits per heavy atom. The van der Waals surface area contributed by atoms with Crippen LogP contribution in [0.25, 0.3) is 11.4 Å². The lowest BCUT2D eigenvalue weighted by molar-refractivity contribution is 0.305. The van der Waals surface area contributed by atoms with E-state index in [-0.39, 0.29) is 9.79 Å². The third-order valence-electron chi connectivity index (χ3n) is 4.48. The van der Waals surface area contributed by atoms with Gasteiger partial charge < -0.3 is 4.74 Å². The molecule has 0 aliphatic rings. The summed E-state index contributed by atoms with van der Waals surface area (Å²) in [6.45, 7) is 2.24. The van der Waals surface area contributed by atoms with Gasteiger partial charge in [0.25, 0.3) is 0 Å². The van der Waals surface area contributed by atoms with E-state index in [1.54, 1.807) is 60.9 Å². The van der Waals surface area contributed by atoms with Crippen molar-refractivity contribution in [3.63, 3.8) is 0 Å². The predicted octanol–water partition coefficient (Wildman–Crippen LogP) is 4.19. The molecule has 0 amide bonds. The number of aryl methyl sites for hydroxylation is 1. The molecule has 0 aliphatic carbocycles. The summed E-state index contributed by atoms with van der Waals surface area (Å²) in [6, 6.07) is 19.1. The summed E-state index contributed by atoms with van der Waals surface area (Å²) in [7, 11) is -3.52. The number of nitrogens with one attached hydrogen (secondary N) is 1. The van der Waals surface area contributed by atoms with Crippen molar-refractivity contribution in [3.05, 3.63) is 90.3 Å². The molecule has 146 valence electrons. The van der Waals surface area contributed by atoms with E-state index in [0.29, 0.717) is 12.4 Å². The first-order chi connectivity index (χ1) is 14.0. The fourth-order valence-corrected chi connectivity index (χ4v) is 4.07. The van der Waals surface area contributed by atoms with Crippen LogP contribution in [0.2, 0.25) is 0 Å². The topological polar surface area (TPSA) is 84.9 Å². The van der Waals surface area contributed by atoms with Gasteiger partial charge in [-0.3, -0.25) is 10.1 Å². The van der Waals surface area contributed by atoms with Crippen LogP contribution in [0.1, 0.15) is 11.1 Å². The molecular formula is C22H19N3O3S. The van der Waals surface area contributed by atoms with Gasteiger partial charge in [-0.25, -0.2) is 8.42 Å². The molecule has 0 aliphatic heterocycles. The van der Waals surface area contributed by atoms with Crippen LogP contribution < -0.4 is 4.74 Å². The minimum atomic E-state index is -3.52. The van der Waals surface area contributed by atoms with Crippen molar-refractivity contribution in [2.45, 2.75) is 23.3 Å². The van der Waals surface area contributed by atoms with Gasteiger partial charge in [0.2, 0.25) is 9.84 Å². The Kier molecular flexibility index (Phi) is 5.14. The summed E-state index contributed by atoms with van der Waals surface area (Å²) in [5.41, 5.74) is 3.50. The normalized spacial score (nSPS) is 11.3. The Balaban J connectivity index is 1.42. The minimum absolute atomic E-state index is 0.260. The summed E-state index contributed by atoms with van der Waals surface area (Å²) in [5.74, 6) is 0.629. The molecule has 0 bridgehead atoms. The van der Waals surface area contributed by atoms with Crippen molar-refractivity contribution in [1.82, 2.24) is 15.2 Å². The van der Waals surface area contributed by atoms with Crippen LogP contribution in [0.15, 0.2) is 88.9 Å². The second kappa shape index (κ2) is 7.89. The van der Waals surface area contributed by atoms with E-state index < -0.39 is 9.84 Å². The fraction of sp³-hybridized carbons (Fsp3) is 0.0909. The Hall–Kier alpha value is -3.45. The highest BCUT2D eigenvalue weighted by Gasteiger charge is 2.17. The maximum atomic E-state index is 12.7. The van der Waals surface area contributed by atoms with Gasteiger partial charge in [0.1, 0.15) is 12.4 Å². The monoisotopic (exact) mass is 405 g/mol. The van der Waals surface area contributed by atoms with Crippen molar-refractivity contribution in [2.24, 2.45) is 0 Å². The number of aromatic nitrogens is 3. The Labute approximate surface area is 169 Å². The van der Waals surface area contributed by atoms with Crippen LogP contribution in [-0.4, -0.2) is 23.6 Å². The quantitative estimate of drug-likeness (QED) is 0.520. The molecule has 2 heterocycles. The van der Waals surface area contributed by atoms with Crippen LogP contribution in [0, 0.1) is 6.92 Å². The Morgan fingerprint density at radius 3 is 2.17 bits per heavy atom. The number of hydrogen-bond acceptors (Lipinski definition) is 5. The fourth-order valence-electron chi connectivity index (χ4n) is 2.81. The van der Waals surface area contributed by atoms with Crippen molar-refractivity contribution >= 4 is 9.84 Å². The number of ether oxygens (including phenoxy) is 1. The molecule has 29 heavy (non-hydrogen) atoms. The molecule has 0 atom stereocenters. The number of pyridine rings is 1. The Morgan fingerprint density at radius 1 is 0.897 bits per heavy atom. The second-order valence-electron chi connectivity index (χ2n) is 6.60. The molecule has 0 spiro atoms. The number of sulfone groups is 1. The van der Waals surface area contributed by atoms with Gasteiger partial charge in [0.05, 0.1) is 27.4 Å². The van der Waals surface area contributed by atoms with Crippen LogP contribution >= 0.6 is 0 Å². The molecule has 2 aromatic carbocycles. The SMILES string of the molecule is Cc1ccc(S(=O)(=O)c2ccc(COc3ccc(-c4ccn[nH]4)nc3)cc2)cc1. The number of aromatic amines is 1. The average molecular weight is 405 g/mol. The first-order valence-electron chi connectivity index (χ1n) is 9.02. The van der Waals surface area contributed by atoms with E-state index in [9.17, 15) is 8.42 Å². The summed E-state index contributed by atoms with van der Waals surface area (Å²) >= 11 is 0. The Bertz CT molecular complexity index is 1180. The van der Waals surface area contributed by atoms with Crippen molar-refractivity contribution in [2.75, 3.05) is 0 Å². The molecule has 4 rings (SSSR count). The van der Waals surface area contributed by atoms with Crippen molar-refractivity contribution in [1.29, 1.82) is 0 Å². The van der Waals surface area contributed by atoms with Crippen LogP contribution in [-0.2, 0) is 16.4 Å². The van der Waals surface area contributed by atoms with Gasteiger partial charge >= 0.3 is 0 Å². The molecule has 0 unspecified atom stereocenters. The molecule has 4 aromatic rings. The highest BCUT2D eigenvalue weighted by atomic mass is 32.2. The third kappa shape index (κ3) is 4.20. The smallest absolute Gasteiger partial charge is 0.206 e. The van der Waals surface area contributed by atoms with Crippen LogP contribution in [0.4, 0.5) is 0 Å². The number of rotatable bonds is 6. The van der Waals surface area contributed by atoms with E-state index in [1.165, 1.54) is 0 Å². The number of hydrogen-bond donors (Lipinski definition) is 1. The van der Waals surface area contributed by atoms with E-state index in [0.717, 1.165) is 22.5 Å². The van der Waals surface area contributed by atoms with Crippen molar-refractivity contribution < 1.29 is 13.2 Å². The largest absolute Gasteiger partial charge is 0.487 e. The highest BCUT2D eigenvalue weighted by Crippen LogP contribution is 2.22. The second-order valence-corrected chi connectivity index (χ2v) is 8.55. The lowest BCUT2D eigenvalue weighted by Crippen LogP contribution is -2.03. The van der Waals surface area contributed by atoms with Gasteiger partial charge in [-0.15, -0.1) is 0 Å². The molecule has 2 aromatic heterocycles. The molecular weight excluding hydrogens is 386 g/mol. The molecule has 7 heteroatoms. The standard InChI is InChI=1S/C22H19N3O3S/c1-16-2-7-19(8-3-16)29(26,27)20-9-4-17(5-10-20)15-28-18-6-11-21(23-14-18)22-12-13-24-25-22/h2-14H,15H2,1H3,(H,24,25). The van der Waals surface area contributed by atoms with Crippen LogP contribution in [0.3, 0.4) is 0 Å². The first kappa shape index (κ1) is 18.9. The van der Waals surface area contributed by atoms with Gasteiger partial charge in [-0.05, 0) is 55.0 Å². The van der Waals surface area contributed by atoms with E-state index in [4.69, 9.17) is 4.74 Å². The predicted molar refractivity (Wildman–Crippen MR) is 109 cm³/mol. The maximum Gasteiger partial charge on any atom is 0.206 e. The molecule has 6 nitrogen and oxygen atoms in total. The lowest BCUT2D eigenvalue weighted by Gasteiger charge is -2.08. The minimum Gasteiger partial charge on any atom is -0.487 e. The van der Waals surface area contributed by atoms with E-state index >= 15 is 0 Å². The number of H-pyrrole nitrogens is 1. The van der Waals surface area contributed by atoms with E-state index in [1.807, 2.05) is 25.1 Å².